The second-order valence-corrected chi connectivity index (χ2v) is 8.47. The van der Waals surface area contributed by atoms with Crippen LogP contribution in [-0.2, 0) is 12.2 Å². The Kier molecular flexibility index (Phi) is 4.49. The summed E-state index contributed by atoms with van der Waals surface area (Å²) in [4.78, 5) is 0.822. The summed E-state index contributed by atoms with van der Waals surface area (Å²) in [5, 5.41) is 22.0. The molecule has 0 atom stereocenters. The van der Waals surface area contributed by atoms with Crippen molar-refractivity contribution in [3.05, 3.63) is 17.6 Å². The summed E-state index contributed by atoms with van der Waals surface area (Å²) in [6.45, 7) is 8.75. The molecule has 0 aliphatic rings. The third-order valence-corrected chi connectivity index (χ3v) is 5.09. The van der Waals surface area contributed by atoms with Crippen molar-refractivity contribution in [1.82, 2.24) is 30.0 Å². The second-order valence-electron chi connectivity index (χ2n) is 5.95. The van der Waals surface area contributed by atoms with Crippen LogP contribution in [0.25, 0.3) is 15.7 Å². The van der Waals surface area contributed by atoms with Gasteiger partial charge in [0.2, 0.25) is 4.96 Å². The highest BCUT2D eigenvalue weighted by atomic mass is 32.2. The monoisotopic (exact) mass is 336 g/mol. The van der Waals surface area contributed by atoms with Gasteiger partial charge in [-0.25, -0.2) is 0 Å². The fourth-order valence-corrected chi connectivity index (χ4v) is 3.59. The van der Waals surface area contributed by atoms with E-state index in [0.717, 1.165) is 39.4 Å². The molecule has 3 aromatic heterocycles. The number of hydrogen-bond acceptors (Lipinski definition) is 6. The number of nitrogens with zero attached hydrogens (tertiary/aromatic N) is 5. The Hall–Kier alpha value is -1.41. The number of thioether (sulfide) groups is 1. The molecule has 3 aromatic rings. The molecular weight excluding hydrogens is 316 g/mol. The Morgan fingerprint density at radius 2 is 2.09 bits per heavy atom. The number of aromatic nitrogens is 6. The van der Waals surface area contributed by atoms with Crippen LogP contribution in [0.4, 0.5) is 0 Å². The van der Waals surface area contributed by atoms with Crippen molar-refractivity contribution < 1.29 is 0 Å². The van der Waals surface area contributed by atoms with E-state index in [-0.39, 0.29) is 0 Å². The summed E-state index contributed by atoms with van der Waals surface area (Å²) in [7, 11) is 0. The quantitative estimate of drug-likeness (QED) is 0.747. The summed E-state index contributed by atoms with van der Waals surface area (Å²) in [6.07, 6.45) is 0.993. The predicted molar refractivity (Wildman–Crippen MR) is 91.2 cm³/mol. The lowest BCUT2D eigenvalue weighted by molar-refractivity contribution is 0.633. The Labute approximate surface area is 137 Å². The minimum absolute atomic E-state index is 0.565. The Morgan fingerprint density at radius 1 is 1.27 bits per heavy atom. The third kappa shape index (κ3) is 3.33. The number of aromatic amines is 1. The Balaban J connectivity index is 1.84. The molecule has 3 rings (SSSR count). The molecule has 6 nitrogen and oxygen atoms in total. The first-order valence-corrected chi connectivity index (χ1v) is 9.27. The lowest BCUT2D eigenvalue weighted by Crippen LogP contribution is -1.96. The highest BCUT2D eigenvalue weighted by molar-refractivity contribution is 7.99. The molecule has 0 fully saturated rings. The van der Waals surface area contributed by atoms with E-state index in [1.807, 2.05) is 16.3 Å². The molecule has 0 radical (unpaired) electrons. The van der Waals surface area contributed by atoms with E-state index in [1.165, 1.54) is 11.3 Å². The average molecular weight is 336 g/mol. The van der Waals surface area contributed by atoms with E-state index in [1.54, 1.807) is 0 Å². The van der Waals surface area contributed by atoms with Gasteiger partial charge in [0.05, 0.1) is 5.75 Å². The van der Waals surface area contributed by atoms with Crippen molar-refractivity contribution in [2.75, 3.05) is 0 Å². The molecule has 1 N–H and O–H groups in total. The van der Waals surface area contributed by atoms with Crippen LogP contribution in [0, 0.1) is 5.92 Å². The van der Waals surface area contributed by atoms with Gasteiger partial charge in [-0.2, -0.15) is 26.5 Å². The van der Waals surface area contributed by atoms with Gasteiger partial charge in [-0.3, -0.25) is 5.10 Å². The molecule has 0 aliphatic heterocycles. The van der Waals surface area contributed by atoms with Gasteiger partial charge in [0.1, 0.15) is 5.69 Å². The smallest absolute Gasteiger partial charge is 0.235 e. The van der Waals surface area contributed by atoms with Gasteiger partial charge >= 0.3 is 0 Å². The van der Waals surface area contributed by atoms with Crippen LogP contribution in [0.3, 0.4) is 0 Å². The molecule has 8 heteroatoms. The van der Waals surface area contributed by atoms with Gasteiger partial charge in [-0.1, -0.05) is 39.0 Å². The maximum atomic E-state index is 4.63. The number of H-pyrrole nitrogens is 1. The molecule has 0 aromatic carbocycles. The largest absolute Gasteiger partial charge is 0.282 e. The van der Waals surface area contributed by atoms with Gasteiger partial charge in [0, 0.05) is 5.69 Å². The molecule has 0 aliphatic carbocycles. The van der Waals surface area contributed by atoms with Crippen LogP contribution in [0.5, 0.6) is 0 Å². The van der Waals surface area contributed by atoms with E-state index in [4.69, 9.17) is 0 Å². The fraction of sp³-hybridized carbons (Fsp3) is 0.571. The van der Waals surface area contributed by atoms with Crippen LogP contribution in [0.15, 0.2) is 6.07 Å². The zero-order chi connectivity index (χ0) is 15.7. The SMILES string of the molecule is CC(C)Cc1cc(-c2nn3c(CSC(C)C)nnc3s2)n[nH]1. The zero-order valence-corrected chi connectivity index (χ0v) is 14.8. The molecule has 0 unspecified atom stereocenters. The summed E-state index contributed by atoms with van der Waals surface area (Å²) in [5.41, 5.74) is 2.03. The molecule has 0 saturated carbocycles. The highest BCUT2D eigenvalue weighted by Crippen LogP contribution is 2.26. The molecule has 0 amide bonds. The van der Waals surface area contributed by atoms with Gasteiger partial charge in [-0.15, -0.1) is 10.2 Å². The molecule has 22 heavy (non-hydrogen) atoms. The summed E-state index contributed by atoms with van der Waals surface area (Å²) in [6, 6.07) is 2.08. The number of nitrogens with one attached hydrogen (secondary N) is 1. The third-order valence-electron chi connectivity index (χ3n) is 3.08. The second kappa shape index (κ2) is 6.37. The molecule has 118 valence electrons. The first-order valence-electron chi connectivity index (χ1n) is 7.40. The van der Waals surface area contributed by atoms with Crippen molar-refractivity contribution in [2.24, 2.45) is 5.92 Å². The summed E-state index contributed by atoms with van der Waals surface area (Å²) < 4.78 is 1.84. The number of rotatable bonds is 6. The van der Waals surface area contributed by atoms with Gasteiger partial charge in [0.15, 0.2) is 10.8 Å². The van der Waals surface area contributed by atoms with E-state index in [0.29, 0.717) is 11.2 Å². The first kappa shape index (κ1) is 15.5. The summed E-state index contributed by atoms with van der Waals surface area (Å²) >= 11 is 3.36. The van der Waals surface area contributed by atoms with Crippen LogP contribution >= 0.6 is 23.1 Å². The van der Waals surface area contributed by atoms with Crippen molar-refractivity contribution in [1.29, 1.82) is 0 Å². The lowest BCUT2D eigenvalue weighted by atomic mass is 10.1. The molecule has 0 bridgehead atoms. The van der Waals surface area contributed by atoms with Crippen LogP contribution < -0.4 is 0 Å². The minimum Gasteiger partial charge on any atom is -0.282 e. The molecule has 3 heterocycles. The molecule has 0 saturated heterocycles. The Bertz CT molecular complexity index is 754. The van der Waals surface area contributed by atoms with E-state index >= 15 is 0 Å². The van der Waals surface area contributed by atoms with E-state index in [2.05, 4.69) is 59.3 Å². The van der Waals surface area contributed by atoms with Crippen LogP contribution in [-0.4, -0.2) is 35.3 Å². The van der Waals surface area contributed by atoms with Crippen molar-refractivity contribution >= 4 is 28.1 Å². The van der Waals surface area contributed by atoms with Crippen molar-refractivity contribution in [2.45, 2.75) is 45.1 Å². The van der Waals surface area contributed by atoms with Gasteiger partial charge < -0.3 is 0 Å². The maximum Gasteiger partial charge on any atom is 0.235 e. The normalized spacial score (nSPS) is 12.1. The van der Waals surface area contributed by atoms with Crippen LogP contribution in [0.2, 0.25) is 0 Å². The lowest BCUT2D eigenvalue weighted by Gasteiger charge is -2.00. The number of fused-ring (bicyclic) bond motifs is 1. The zero-order valence-electron chi connectivity index (χ0n) is 13.2. The van der Waals surface area contributed by atoms with Crippen LogP contribution in [0.1, 0.15) is 39.2 Å². The number of hydrogen-bond donors (Lipinski definition) is 1. The summed E-state index contributed by atoms with van der Waals surface area (Å²) in [5.74, 6) is 2.32. The maximum absolute atomic E-state index is 4.63. The minimum atomic E-state index is 0.565. The van der Waals surface area contributed by atoms with Crippen molar-refractivity contribution in [3.63, 3.8) is 0 Å². The van der Waals surface area contributed by atoms with E-state index in [9.17, 15) is 0 Å². The van der Waals surface area contributed by atoms with Gasteiger partial charge in [0.25, 0.3) is 0 Å². The standard InChI is InChI=1S/C14H20N6S2/c1-8(2)5-10-6-11(16-15-10)13-19-20-12(7-21-9(3)4)17-18-14(20)22-13/h6,8-9H,5,7H2,1-4H3,(H,15,16). The predicted octanol–water partition coefficient (Wildman–Crippen LogP) is 3.42. The average Bonchev–Trinajstić information content (AvgIpc) is 3.10. The van der Waals surface area contributed by atoms with Crippen molar-refractivity contribution in [3.8, 4) is 10.7 Å². The fourth-order valence-electron chi connectivity index (χ4n) is 2.11. The topological polar surface area (TPSA) is 71.8 Å². The van der Waals surface area contributed by atoms with Gasteiger partial charge in [-0.05, 0) is 23.7 Å². The first-order chi connectivity index (χ1) is 10.5. The Morgan fingerprint density at radius 3 is 2.82 bits per heavy atom. The molecular formula is C14H20N6S2. The highest BCUT2D eigenvalue weighted by Gasteiger charge is 2.15. The molecule has 0 spiro atoms. The van der Waals surface area contributed by atoms with E-state index < -0.39 is 0 Å².